The maximum absolute atomic E-state index is 10.8. The van der Waals surface area contributed by atoms with Crippen molar-refractivity contribution in [2.45, 2.75) is 0 Å². The highest BCUT2D eigenvalue weighted by atomic mass is 79.9. The van der Waals surface area contributed by atoms with Crippen LogP contribution in [-0.2, 0) is 10.0 Å². The van der Waals surface area contributed by atoms with Gasteiger partial charge in [0.05, 0.1) is 10.7 Å². The maximum atomic E-state index is 10.8. The number of nitrogens with one attached hydrogen (secondary N) is 1. The molecule has 0 aromatic heterocycles. The van der Waals surface area contributed by atoms with Crippen molar-refractivity contribution in [3.8, 4) is 5.75 Å². The third kappa shape index (κ3) is 3.23. The Bertz CT molecular complexity index is 416. The summed E-state index contributed by atoms with van der Waals surface area (Å²) < 4.78 is 24.3. The van der Waals surface area contributed by atoms with E-state index in [-0.39, 0.29) is 5.75 Å². The van der Waals surface area contributed by atoms with Crippen LogP contribution in [0.25, 0.3) is 0 Å². The molecule has 6 heteroatoms. The molecule has 0 heterocycles. The van der Waals surface area contributed by atoms with Crippen molar-refractivity contribution in [2.75, 3.05) is 11.0 Å². The van der Waals surface area contributed by atoms with E-state index in [0.717, 1.165) is 6.26 Å². The Morgan fingerprint density at radius 3 is 2.54 bits per heavy atom. The number of sulfonamides is 1. The standard InChI is InChI=1S/C7H8BrNO3S/c1-13(11,12)9-5-2-3-7(10)6(8)4-5/h2-4,9-10H,1H3. The van der Waals surface area contributed by atoms with Gasteiger partial charge < -0.3 is 5.11 Å². The Balaban J connectivity index is 2.99. The minimum atomic E-state index is -3.26. The first-order chi connectivity index (χ1) is 5.88. The number of hydrogen-bond donors (Lipinski definition) is 2. The number of phenols is 1. The fraction of sp³-hybridized carbons (Fsp3) is 0.143. The molecule has 4 nitrogen and oxygen atoms in total. The van der Waals surface area contributed by atoms with Gasteiger partial charge in [0.25, 0.3) is 0 Å². The summed E-state index contributed by atoms with van der Waals surface area (Å²) in [5.41, 5.74) is 0.409. The van der Waals surface area contributed by atoms with Crippen molar-refractivity contribution < 1.29 is 13.5 Å². The number of halogens is 1. The first kappa shape index (κ1) is 10.3. The highest BCUT2D eigenvalue weighted by Crippen LogP contribution is 2.26. The van der Waals surface area contributed by atoms with Crippen LogP contribution in [0.1, 0.15) is 0 Å². The third-order valence-electron chi connectivity index (χ3n) is 1.25. The molecule has 0 aliphatic rings. The van der Waals surface area contributed by atoms with Crippen LogP contribution in [0.3, 0.4) is 0 Å². The number of rotatable bonds is 2. The molecule has 72 valence electrons. The summed E-state index contributed by atoms with van der Waals surface area (Å²) >= 11 is 3.07. The van der Waals surface area contributed by atoms with Gasteiger partial charge in [-0.25, -0.2) is 8.42 Å². The normalized spacial score (nSPS) is 11.2. The molecule has 0 radical (unpaired) electrons. The summed E-state index contributed by atoms with van der Waals surface area (Å²) in [6, 6.07) is 4.36. The minimum Gasteiger partial charge on any atom is -0.507 e. The molecule has 0 amide bonds. The highest BCUT2D eigenvalue weighted by Gasteiger charge is 2.03. The van der Waals surface area contributed by atoms with Crippen LogP contribution in [0.5, 0.6) is 5.75 Å². The van der Waals surface area contributed by atoms with Crippen LogP contribution in [-0.4, -0.2) is 19.8 Å². The lowest BCUT2D eigenvalue weighted by atomic mass is 10.3. The van der Waals surface area contributed by atoms with E-state index in [4.69, 9.17) is 5.11 Å². The van der Waals surface area contributed by atoms with Gasteiger partial charge in [-0.2, -0.15) is 0 Å². The van der Waals surface area contributed by atoms with Crippen molar-refractivity contribution in [1.82, 2.24) is 0 Å². The van der Waals surface area contributed by atoms with Crippen LogP contribution < -0.4 is 4.72 Å². The van der Waals surface area contributed by atoms with Gasteiger partial charge in [-0.15, -0.1) is 0 Å². The Labute approximate surface area is 84.8 Å². The molecule has 1 aromatic rings. The van der Waals surface area contributed by atoms with Gasteiger partial charge in [-0.05, 0) is 34.1 Å². The van der Waals surface area contributed by atoms with Crippen molar-refractivity contribution in [3.05, 3.63) is 22.7 Å². The van der Waals surface area contributed by atoms with E-state index >= 15 is 0 Å². The second-order valence-electron chi connectivity index (χ2n) is 2.54. The largest absolute Gasteiger partial charge is 0.507 e. The van der Waals surface area contributed by atoms with Gasteiger partial charge in [0.2, 0.25) is 10.0 Å². The molecular weight excluding hydrogens is 258 g/mol. The van der Waals surface area contributed by atoms with Crippen LogP contribution in [0, 0.1) is 0 Å². The molecule has 1 rings (SSSR count). The second kappa shape index (κ2) is 3.55. The average Bonchev–Trinajstić information content (AvgIpc) is 1.94. The molecule has 0 fully saturated rings. The highest BCUT2D eigenvalue weighted by molar-refractivity contribution is 9.10. The van der Waals surface area contributed by atoms with Crippen molar-refractivity contribution in [1.29, 1.82) is 0 Å². The Morgan fingerprint density at radius 1 is 1.46 bits per heavy atom. The molecule has 0 saturated heterocycles. The summed E-state index contributed by atoms with van der Waals surface area (Å²) in [6.45, 7) is 0. The second-order valence-corrected chi connectivity index (χ2v) is 5.14. The fourth-order valence-corrected chi connectivity index (χ4v) is 1.72. The molecule has 0 aliphatic heterocycles. The first-order valence-corrected chi connectivity index (χ1v) is 6.03. The molecule has 1 aromatic carbocycles. The van der Waals surface area contributed by atoms with Crippen LogP contribution in [0.2, 0.25) is 0 Å². The fourth-order valence-electron chi connectivity index (χ4n) is 0.784. The monoisotopic (exact) mass is 265 g/mol. The molecule has 0 aliphatic carbocycles. The Morgan fingerprint density at radius 2 is 2.08 bits per heavy atom. The molecule has 2 N–H and O–H groups in total. The van der Waals surface area contributed by atoms with Gasteiger partial charge in [-0.1, -0.05) is 0 Å². The van der Waals surface area contributed by atoms with Crippen molar-refractivity contribution in [3.63, 3.8) is 0 Å². The third-order valence-corrected chi connectivity index (χ3v) is 2.49. The predicted octanol–water partition coefficient (Wildman–Crippen LogP) is 1.53. The van der Waals surface area contributed by atoms with E-state index in [0.29, 0.717) is 10.2 Å². The molecule has 0 bridgehead atoms. The van der Waals surface area contributed by atoms with E-state index in [2.05, 4.69) is 20.7 Å². The van der Waals surface area contributed by atoms with E-state index in [1.807, 2.05) is 0 Å². The summed E-state index contributed by atoms with van der Waals surface area (Å²) in [5, 5.41) is 9.12. The lowest BCUT2D eigenvalue weighted by molar-refractivity contribution is 0.472. The molecule has 0 atom stereocenters. The summed E-state index contributed by atoms with van der Waals surface area (Å²) in [4.78, 5) is 0. The average molecular weight is 266 g/mol. The Hall–Kier alpha value is -0.750. The zero-order valence-electron chi connectivity index (χ0n) is 6.78. The van der Waals surface area contributed by atoms with Gasteiger partial charge in [0.1, 0.15) is 5.75 Å². The summed E-state index contributed by atoms with van der Waals surface area (Å²) in [7, 11) is -3.26. The van der Waals surface area contributed by atoms with E-state index in [1.165, 1.54) is 18.2 Å². The van der Waals surface area contributed by atoms with Gasteiger partial charge in [-0.3, -0.25) is 4.72 Å². The molecule has 0 saturated carbocycles. The molecular formula is C7H8BrNO3S. The number of aromatic hydroxyl groups is 1. The van der Waals surface area contributed by atoms with Gasteiger partial charge in [0, 0.05) is 5.69 Å². The van der Waals surface area contributed by atoms with Crippen molar-refractivity contribution in [2.24, 2.45) is 0 Å². The van der Waals surface area contributed by atoms with E-state index < -0.39 is 10.0 Å². The van der Waals surface area contributed by atoms with E-state index in [9.17, 15) is 8.42 Å². The zero-order valence-corrected chi connectivity index (χ0v) is 9.18. The number of phenolic OH excluding ortho intramolecular Hbond substituents is 1. The maximum Gasteiger partial charge on any atom is 0.229 e. The molecule has 13 heavy (non-hydrogen) atoms. The quantitative estimate of drug-likeness (QED) is 0.798. The summed E-state index contributed by atoms with van der Waals surface area (Å²) in [5.74, 6) is 0.0686. The lowest BCUT2D eigenvalue weighted by Crippen LogP contribution is -2.09. The van der Waals surface area contributed by atoms with Crippen molar-refractivity contribution >= 4 is 31.6 Å². The van der Waals surface area contributed by atoms with Crippen LogP contribution in [0.4, 0.5) is 5.69 Å². The zero-order chi connectivity index (χ0) is 10.1. The lowest BCUT2D eigenvalue weighted by Gasteiger charge is -2.04. The number of anilines is 1. The van der Waals surface area contributed by atoms with E-state index in [1.54, 1.807) is 0 Å². The van der Waals surface area contributed by atoms with Crippen LogP contribution >= 0.6 is 15.9 Å². The number of hydrogen-bond acceptors (Lipinski definition) is 3. The summed E-state index contributed by atoms with van der Waals surface area (Å²) in [6.07, 6.45) is 1.06. The first-order valence-electron chi connectivity index (χ1n) is 3.35. The number of benzene rings is 1. The smallest absolute Gasteiger partial charge is 0.229 e. The SMILES string of the molecule is CS(=O)(=O)Nc1ccc(O)c(Br)c1. The van der Waals surface area contributed by atoms with Crippen LogP contribution in [0.15, 0.2) is 22.7 Å². The Kier molecular flexibility index (Phi) is 2.82. The molecule has 0 unspecified atom stereocenters. The van der Waals surface area contributed by atoms with Gasteiger partial charge >= 0.3 is 0 Å². The minimum absolute atomic E-state index is 0.0686. The molecule has 0 spiro atoms. The predicted molar refractivity (Wildman–Crippen MR) is 54.3 cm³/mol. The van der Waals surface area contributed by atoms with Gasteiger partial charge in [0.15, 0.2) is 0 Å². The topological polar surface area (TPSA) is 66.4 Å².